The van der Waals surface area contributed by atoms with Crippen LogP contribution >= 0.6 is 0 Å². The molecular formula is C15H15FN2O2S. The molecule has 2 N–H and O–H groups in total. The first kappa shape index (κ1) is 15.2. The molecule has 0 radical (unpaired) electrons. The number of nitrogens with one attached hydrogen (secondary N) is 2. The third kappa shape index (κ3) is 5.00. The molecule has 2 amide bonds. The van der Waals surface area contributed by atoms with Crippen LogP contribution in [0.15, 0.2) is 59.5 Å². The van der Waals surface area contributed by atoms with Crippen LogP contribution in [0.3, 0.4) is 0 Å². The Bertz CT molecular complexity index is 617. The molecule has 0 unspecified atom stereocenters. The van der Waals surface area contributed by atoms with Crippen molar-refractivity contribution in [3.05, 3.63) is 60.4 Å². The predicted octanol–water partition coefficient (Wildman–Crippen LogP) is 2.76. The first-order chi connectivity index (χ1) is 10.1. The van der Waals surface area contributed by atoms with E-state index in [-0.39, 0.29) is 12.4 Å². The number of hydrogen-bond acceptors (Lipinski definition) is 2. The molecule has 2 aromatic rings. The topological polar surface area (TPSA) is 58.2 Å². The largest absolute Gasteiger partial charge is 0.337 e. The fourth-order valence-corrected chi connectivity index (χ4v) is 2.64. The quantitative estimate of drug-likeness (QED) is 0.892. The van der Waals surface area contributed by atoms with Gasteiger partial charge < -0.3 is 10.6 Å². The summed E-state index contributed by atoms with van der Waals surface area (Å²) in [5, 5.41) is 5.18. The standard InChI is InChI=1S/C15H15FN2O2S/c16-12-6-8-13(9-7-12)18-15(19)17-10-11-21(20)14-4-2-1-3-5-14/h1-9H,10-11H2,(H2,17,18,19)/t21-/m0/s1. The minimum atomic E-state index is -1.14. The molecule has 0 heterocycles. The van der Waals surface area contributed by atoms with Gasteiger partial charge in [0.2, 0.25) is 0 Å². The van der Waals surface area contributed by atoms with Crippen molar-refractivity contribution in [2.24, 2.45) is 0 Å². The predicted molar refractivity (Wildman–Crippen MR) is 81.1 cm³/mol. The zero-order valence-electron chi connectivity index (χ0n) is 11.2. The first-order valence-electron chi connectivity index (χ1n) is 6.39. The maximum absolute atomic E-state index is 12.7. The second-order valence-corrected chi connectivity index (χ2v) is 5.82. The van der Waals surface area contributed by atoms with E-state index in [0.717, 1.165) is 4.90 Å². The van der Waals surface area contributed by atoms with Crippen LogP contribution in [-0.4, -0.2) is 22.5 Å². The third-order valence-electron chi connectivity index (χ3n) is 2.68. The van der Waals surface area contributed by atoms with Gasteiger partial charge in [0.1, 0.15) is 5.82 Å². The Kier molecular flexibility index (Phi) is 5.45. The number of rotatable bonds is 5. The molecular weight excluding hydrogens is 291 g/mol. The lowest BCUT2D eigenvalue weighted by molar-refractivity contribution is 0.252. The van der Waals surface area contributed by atoms with E-state index in [0.29, 0.717) is 11.4 Å². The fourth-order valence-electron chi connectivity index (χ4n) is 1.66. The summed E-state index contributed by atoms with van der Waals surface area (Å²) >= 11 is 0. The van der Waals surface area contributed by atoms with Crippen molar-refractivity contribution in [2.75, 3.05) is 17.6 Å². The van der Waals surface area contributed by atoms with Crippen LogP contribution in [-0.2, 0) is 10.8 Å². The summed E-state index contributed by atoms with van der Waals surface area (Å²) in [6, 6.07) is 14.1. The molecule has 0 bridgehead atoms. The monoisotopic (exact) mass is 306 g/mol. The summed E-state index contributed by atoms with van der Waals surface area (Å²) in [5.74, 6) is -0.0277. The van der Waals surface area contributed by atoms with Crippen molar-refractivity contribution in [1.29, 1.82) is 0 Å². The molecule has 0 saturated heterocycles. The minimum absolute atomic E-state index is 0.286. The van der Waals surface area contributed by atoms with Gasteiger partial charge in [-0.05, 0) is 36.4 Å². The number of carbonyl (C=O) groups excluding carboxylic acids is 1. The molecule has 1 atom stereocenters. The van der Waals surface area contributed by atoms with Crippen molar-refractivity contribution in [2.45, 2.75) is 4.90 Å². The van der Waals surface area contributed by atoms with Crippen molar-refractivity contribution in [1.82, 2.24) is 5.32 Å². The zero-order valence-corrected chi connectivity index (χ0v) is 12.0. The van der Waals surface area contributed by atoms with E-state index < -0.39 is 16.8 Å². The Balaban J connectivity index is 1.74. The number of amides is 2. The Morgan fingerprint density at radius 3 is 2.38 bits per heavy atom. The van der Waals surface area contributed by atoms with Gasteiger partial charge in [0.15, 0.2) is 0 Å². The van der Waals surface area contributed by atoms with E-state index in [1.165, 1.54) is 24.3 Å². The number of urea groups is 1. The Labute approximate surface area is 124 Å². The van der Waals surface area contributed by atoms with Gasteiger partial charge in [-0.2, -0.15) is 0 Å². The molecule has 0 aliphatic carbocycles. The normalized spacial score (nSPS) is 11.7. The van der Waals surface area contributed by atoms with E-state index in [9.17, 15) is 13.4 Å². The number of halogens is 1. The van der Waals surface area contributed by atoms with Gasteiger partial charge in [-0.15, -0.1) is 0 Å². The van der Waals surface area contributed by atoms with Crippen LogP contribution in [0.1, 0.15) is 0 Å². The Hall–Kier alpha value is -2.21. The molecule has 0 spiro atoms. The van der Waals surface area contributed by atoms with E-state index in [1.807, 2.05) is 18.2 Å². The van der Waals surface area contributed by atoms with Gasteiger partial charge in [0.25, 0.3) is 0 Å². The van der Waals surface area contributed by atoms with Gasteiger partial charge in [-0.1, -0.05) is 18.2 Å². The van der Waals surface area contributed by atoms with Crippen molar-refractivity contribution in [3.8, 4) is 0 Å². The molecule has 0 fully saturated rings. The maximum atomic E-state index is 12.7. The van der Waals surface area contributed by atoms with Crippen LogP contribution < -0.4 is 10.6 Å². The van der Waals surface area contributed by atoms with E-state index in [1.54, 1.807) is 12.1 Å². The molecule has 2 aromatic carbocycles. The van der Waals surface area contributed by atoms with Gasteiger partial charge >= 0.3 is 6.03 Å². The lowest BCUT2D eigenvalue weighted by Gasteiger charge is -2.07. The maximum Gasteiger partial charge on any atom is 0.319 e. The SMILES string of the molecule is O=C(NCC[S@](=O)c1ccccc1)Nc1ccc(F)cc1. The first-order valence-corrected chi connectivity index (χ1v) is 7.71. The highest BCUT2D eigenvalue weighted by molar-refractivity contribution is 7.85. The smallest absolute Gasteiger partial charge is 0.319 e. The highest BCUT2D eigenvalue weighted by Gasteiger charge is 2.05. The number of carbonyl (C=O) groups is 1. The van der Waals surface area contributed by atoms with Crippen LogP contribution in [0, 0.1) is 5.82 Å². The zero-order chi connectivity index (χ0) is 15.1. The fraction of sp³-hybridized carbons (Fsp3) is 0.133. The molecule has 0 aliphatic heterocycles. The molecule has 2 rings (SSSR count). The van der Waals surface area contributed by atoms with Crippen LogP contribution in [0.4, 0.5) is 14.9 Å². The lowest BCUT2D eigenvalue weighted by atomic mass is 10.3. The summed E-state index contributed by atoms with van der Waals surface area (Å²) in [6.07, 6.45) is 0. The average Bonchev–Trinajstić information content (AvgIpc) is 2.50. The molecule has 6 heteroatoms. The number of anilines is 1. The molecule has 21 heavy (non-hydrogen) atoms. The van der Waals surface area contributed by atoms with Gasteiger partial charge in [0, 0.05) is 22.9 Å². The number of benzene rings is 2. The minimum Gasteiger partial charge on any atom is -0.337 e. The lowest BCUT2D eigenvalue weighted by Crippen LogP contribution is -2.31. The molecule has 0 aromatic heterocycles. The van der Waals surface area contributed by atoms with Crippen molar-refractivity contribution >= 4 is 22.5 Å². The summed E-state index contributed by atoms with van der Waals surface area (Å²) < 4.78 is 24.6. The average molecular weight is 306 g/mol. The van der Waals surface area contributed by atoms with Gasteiger partial charge in [-0.25, -0.2) is 9.18 Å². The number of hydrogen-bond donors (Lipinski definition) is 2. The molecule has 0 saturated carbocycles. The highest BCUT2D eigenvalue weighted by atomic mass is 32.2. The van der Waals surface area contributed by atoms with E-state index in [4.69, 9.17) is 0 Å². The van der Waals surface area contributed by atoms with E-state index >= 15 is 0 Å². The Morgan fingerprint density at radius 2 is 1.71 bits per heavy atom. The Morgan fingerprint density at radius 1 is 1.05 bits per heavy atom. The summed E-state index contributed by atoms with van der Waals surface area (Å²) in [4.78, 5) is 12.3. The van der Waals surface area contributed by atoms with Gasteiger partial charge in [0.05, 0.1) is 10.8 Å². The molecule has 4 nitrogen and oxygen atoms in total. The summed E-state index contributed by atoms with van der Waals surface area (Å²) in [6.45, 7) is 0.286. The summed E-state index contributed by atoms with van der Waals surface area (Å²) in [7, 11) is -1.14. The van der Waals surface area contributed by atoms with Crippen LogP contribution in [0.25, 0.3) is 0 Å². The van der Waals surface area contributed by atoms with Gasteiger partial charge in [-0.3, -0.25) is 4.21 Å². The second kappa shape index (κ2) is 7.54. The summed E-state index contributed by atoms with van der Waals surface area (Å²) in [5.41, 5.74) is 0.498. The van der Waals surface area contributed by atoms with Crippen LogP contribution in [0.5, 0.6) is 0 Å². The van der Waals surface area contributed by atoms with Crippen LogP contribution in [0.2, 0.25) is 0 Å². The third-order valence-corrected chi connectivity index (χ3v) is 4.05. The van der Waals surface area contributed by atoms with Crippen molar-refractivity contribution in [3.63, 3.8) is 0 Å². The molecule has 0 aliphatic rings. The molecule has 110 valence electrons. The van der Waals surface area contributed by atoms with E-state index in [2.05, 4.69) is 10.6 Å². The second-order valence-electron chi connectivity index (χ2n) is 4.25. The highest BCUT2D eigenvalue weighted by Crippen LogP contribution is 2.08. The van der Waals surface area contributed by atoms with Crippen molar-refractivity contribution < 1.29 is 13.4 Å².